The lowest BCUT2D eigenvalue weighted by Crippen LogP contribution is -2.33. The van der Waals surface area contributed by atoms with Crippen molar-refractivity contribution in [2.45, 2.75) is 19.4 Å². The lowest BCUT2D eigenvalue weighted by molar-refractivity contribution is -0.141. The first-order chi connectivity index (χ1) is 8.83. The van der Waals surface area contributed by atoms with E-state index in [9.17, 15) is 13.2 Å². The van der Waals surface area contributed by atoms with E-state index in [1.807, 2.05) is 19.1 Å². The Balaban J connectivity index is 2.81. The van der Waals surface area contributed by atoms with Crippen LogP contribution >= 0.6 is 0 Å². The van der Waals surface area contributed by atoms with E-state index in [-0.39, 0.29) is 6.42 Å². The van der Waals surface area contributed by atoms with E-state index in [4.69, 9.17) is 4.55 Å². The molecular formula is C12H17NO5S. The van der Waals surface area contributed by atoms with Crippen LogP contribution < -0.4 is 5.32 Å². The predicted molar refractivity (Wildman–Crippen MR) is 71.6 cm³/mol. The first-order valence-corrected chi connectivity index (χ1v) is 7.29. The van der Waals surface area contributed by atoms with Crippen LogP contribution in [0.4, 0.5) is 5.69 Å². The molecule has 0 radical (unpaired) electrons. The number of methoxy groups -OCH3 is 1. The van der Waals surface area contributed by atoms with Crippen molar-refractivity contribution in [1.29, 1.82) is 0 Å². The molecule has 106 valence electrons. The highest BCUT2D eigenvalue weighted by atomic mass is 32.2. The molecule has 6 nitrogen and oxygen atoms in total. The summed E-state index contributed by atoms with van der Waals surface area (Å²) in [5.74, 6) is -1.09. The Morgan fingerprint density at radius 1 is 1.42 bits per heavy atom. The predicted octanol–water partition coefficient (Wildman–Crippen LogP) is 1.23. The van der Waals surface area contributed by atoms with Gasteiger partial charge in [-0.1, -0.05) is 18.2 Å². The van der Waals surface area contributed by atoms with Gasteiger partial charge in [0, 0.05) is 5.69 Å². The van der Waals surface area contributed by atoms with E-state index < -0.39 is 27.9 Å². The van der Waals surface area contributed by atoms with E-state index in [0.29, 0.717) is 5.69 Å². The van der Waals surface area contributed by atoms with E-state index >= 15 is 0 Å². The number of rotatable bonds is 6. The van der Waals surface area contributed by atoms with Crippen molar-refractivity contribution in [3.63, 3.8) is 0 Å². The number of benzene rings is 1. The SMILES string of the molecule is COC(=O)[C@H](CCS(=O)(=O)O)Nc1ccccc1C. The maximum Gasteiger partial charge on any atom is 0.328 e. The number of carbonyl (C=O) groups excluding carboxylic acids is 1. The molecular weight excluding hydrogens is 270 g/mol. The average Bonchev–Trinajstić information content (AvgIpc) is 2.34. The highest BCUT2D eigenvalue weighted by Crippen LogP contribution is 2.16. The highest BCUT2D eigenvalue weighted by Gasteiger charge is 2.21. The summed E-state index contributed by atoms with van der Waals surface area (Å²) in [6.45, 7) is 1.86. The molecule has 0 saturated carbocycles. The van der Waals surface area contributed by atoms with Gasteiger partial charge in [-0.25, -0.2) is 4.79 Å². The van der Waals surface area contributed by atoms with Gasteiger partial charge >= 0.3 is 5.97 Å². The summed E-state index contributed by atoms with van der Waals surface area (Å²) < 4.78 is 34.8. The monoisotopic (exact) mass is 287 g/mol. The molecule has 1 aromatic carbocycles. The van der Waals surface area contributed by atoms with Crippen LogP contribution in [0.15, 0.2) is 24.3 Å². The molecule has 0 aromatic heterocycles. The van der Waals surface area contributed by atoms with Crippen LogP contribution in [0.3, 0.4) is 0 Å². The molecule has 0 unspecified atom stereocenters. The minimum atomic E-state index is -4.11. The zero-order valence-electron chi connectivity index (χ0n) is 10.8. The smallest absolute Gasteiger partial charge is 0.328 e. The van der Waals surface area contributed by atoms with Crippen molar-refractivity contribution in [3.05, 3.63) is 29.8 Å². The lowest BCUT2D eigenvalue weighted by atomic mass is 10.1. The largest absolute Gasteiger partial charge is 0.467 e. The summed E-state index contributed by atoms with van der Waals surface area (Å²) >= 11 is 0. The summed E-state index contributed by atoms with van der Waals surface area (Å²) in [5.41, 5.74) is 1.64. The standard InChI is InChI=1S/C12H17NO5S/c1-9-5-3-4-6-10(9)13-11(12(14)18-2)7-8-19(15,16)17/h3-6,11,13H,7-8H2,1-2H3,(H,15,16,17)/t11-/m0/s1. The van der Waals surface area contributed by atoms with Gasteiger partial charge in [0.05, 0.1) is 12.9 Å². The van der Waals surface area contributed by atoms with Crippen molar-refractivity contribution in [1.82, 2.24) is 0 Å². The molecule has 0 aliphatic rings. The van der Waals surface area contributed by atoms with Crippen LogP contribution in [-0.4, -0.2) is 37.8 Å². The Hall–Kier alpha value is -1.60. The minimum absolute atomic E-state index is 0.0696. The van der Waals surface area contributed by atoms with E-state index in [0.717, 1.165) is 5.56 Å². The molecule has 0 amide bonds. The fourth-order valence-corrected chi connectivity index (χ4v) is 2.11. The fourth-order valence-electron chi connectivity index (χ4n) is 1.58. The number of nitrogens with one attached hydrogen (secondary N) is 1. The van der Waals surface area contributed by atoms with E-state index in [1.54, 1.807) is 12.1 Å². The third kappa shape index (κ3) is 5.27. The van der Waals surface area contributed by atoms with Crippen LogP contribution in [0.25, 0.3) is 0 Å². The zero-order chi connectivity index (χ0) is 14.5. The molecule has 1 aromatic rings. The highest BCUT2D eigenvalue weighted by molar-refractivity contribution is 7.85. The summed E-state index contributed by atoms with van der Waals surface area (Å²) in [5, 5.41) is 2.92. The van der Waals surface area contributed by atoms with E-state index in [1.165, 1.54) is 7.11 Å². The summed E-state index contributed by atoms with van der Waals surface area (Å²) in [4.78, 5) is 11.6. The molecule has 7 heteroatoms. The van der Waals surface area contributed by atoms with Gasteiger partial charge < -0.3 is 10.1 Å². The molecule has 0 fully saturated rings. The van der Waals surface area contributed by atoms with Gasteiger partial charge in [0.2, 0.25) is 0 Å². The number of ether oxygens (including phenoxy) is 1. The van der Waals surface area contributed by atoms with Crippen molar-refractivity contribution in [2.75, 3.05) is 18.2 Å². The molecule has 19 heavy (non-hydrogen) atoms. The second-order valence-corrected chi connectivity index (χ2v) is 5.68. The van der Waals surface area contributed by atoms with Gasteiger partial charge in [-0.05, 0) is 25.0 Å². The van der Waals surface area contributed by atoms with Gasteiger partial charge in [0.25, 0.3) is 10.1 Å². The fraction of sp³-hybridized carbons (Fsp3) is 0.417. The number of hydrogen-bond donors (Lipinski definition) is 2. The third-order valence-electron chi connectivity index (χ3n) is 2.62. The number of anilines is 1. The first kappa shape index (κ1) is 15.5. The molecule has 2 N–H and O–H groups in total. The van der Waals surface area contributed by atoms with E-state index in [2.05, 4.69) is 10.1 Å². The summed E-state index contributed by atoms with van der Waals surface area (Å²) in [6, 6.07) is 6.46. The zero-order valence-corrected chi connectivity index (χ0v) is 11.6. The minimum Gasteiger partial charge on any atom is -0.467 e. The Bertz CT molecular complexity index is 541. The van der Waals surface area contributed by atoms with Crippen LogP contribution in [0.1, 0.15) is 12.0 Å². The van der Waals surface area contributed by atoms with Crippen LogP contribution in [-0.2, 0) is 19.6 Å². The average molecular weight is 287 g/mol. The molecule has 1 atom stereocenters. The number of esters is 1. The van der Waals surface area contributed by atoms with Gasteiger partial charge in [-0.15, -0.1) is 0 Å². The third-order valence-corrected chi connectivity index (χ3v) is 3.38. The first-order valence-electron chi connectivity index (χ1n) is 5.68. The lowest BCUT2D eigenvalue weighted by Gasteiger charge is -2.18. The number of hydrogen-bond acceptors (Lipinski definition) is 5. The molecule has 0 aliphatic carbocycles. The van der Waals surface area contributed by atoms with Gasteiger partial charge in [0.1, 0.15) is 6.04 Å². The van der Waals surface area contributed by atoms with Crippen molar-refractivity contribution >= 4 is 21.8 Å². The second kappa shape index (κ2) is 6.53. The molecule has 0 saturated heterocycles. The number of para-hydroxylation sites is 1. The Morgan fingerprint density at radius 3 is 2.58 bits per heavy atom. The van der Waals surface area contributed by atoms with Crippen molar-refractivity contribution in [3.8, 4) is 0 Å². The van der Waals surface area contributed by atoms with Crippen molar-refractivity contribution < 1.29 is 22.5 Å². The quantitative estimate of drug-likeness (QED) is 0.604. The normalized spacial score (nSPS) is 12.8. The Kier molecular flexibility index (Phi) is 5.31. The van der Waals surface area contributed by atoms with Crippen LogP contribution in [0.5, 0.6) is 0 Å². The maximum atomic E-state index is 11.6. The number of carbonyl (C=O) groups is 1. The molecule has 0 spiro atoms. The van der Waals surface area contributed by atoms with Crippen molar-refractivity contribution in [2.24, 2.45) is 0 Å². The molecule has 0 aliphatic heterocycles. The topological polar surface area (TPSA) is 92.7 Å². The molecule has 1 rings (SSSR count). The van der Waals surface area contributed by atoms with Gasteiger partial charge in [0.15, 0.2) is 0 Å². The van der Waals surface area contributed by atoms with Crippen LogP contribution in [0.2, 0.25) is 0 Å². The summed E-state index contributed by atoms with van der Waals surface area (Å²) in [7, 11) is -2.89. The summed E-state index contributed by atoms with van der Waals surface area (Å²) in [6.07, 6.45) is -0.0696. The maximum absolute atomic E-state index is 11.6. The van der Waals surface area contributed by atoms with Gasteiger partial charge in [-0.3, -0.25) is 4.55 Å². The van der Waals surface area contributed by atoms with Crippen LogP contribution in [0, 0.1) is 6.92 Å². The second-order valence-electron chi connectivity index (χ2n) is 4.11. The van der Waals surface area contributed by atoms with Gasteiger partial charge in [-0.2, -0.15) is 8.42 Å². The molecule has 0 heterocycles. The Morgan fingerprint density at radius 2 is 2.05 bits per heavy atom. The number of aryl methyl sites for hydroxylation is 1. The molecule has 0 bridgehead atoms. The Labute approximate surface area is 112 Å².